The summed E-state index contributed by atoms with van der Waals surface area (Å²) in [5, 5.41) is 9.97. The van der Waals surface area contributed by atoms with Gasteiger partial charge in [0, 0.05) is 0 Å². The van der Waals surface area contributed by atoms with Gasteiger partial charge in [0.2, 0.25) is 5.95 Å². The van der Waals surface area contributed by atoms with Gasteiger partial charge in [-0.2, -0.15) is 4.98 Å². The Morgan fingerprint density at radius 1 is 1.54 bits per heavy atom. The average molecular weight is 397 g/mol. The monoisotopic (exact) mass is 397 g/mol. The minimum absolute atomic E-state index is 0.240. The highest BCUT2D eigenvalue weighted by Crippen LogP contribution is 2.50. The Balaban J connectivity index is 2.03. The summed E-state index contributed by atoms with van der Waals surface area (Å²) in [4.78, 5) is 38.8. The summed E-state index contributed by atoms with van der Waals surface area (Å²) in [7, 11) is -5.11. The van der Waals surface area contributed by atoms with Crippen LogP contribution < -0.4 is 11.3 Å². The lowest BCUT2D eigenvalue weighted by Gasteiger charge is -2.25. The van der Waals surface area contributed by atoms with Gasteiger partial charge in [0.15, 0.2) is 29.2 Å². The SMILES string of the molecule is C[C@@]1(F)C(O)[C@@](F)(COP(=O)(O)O)O[C@H]1n1cnc2c(=O)[nH]c(N)nc21. The number of phosphoric acid groups is 1. The van der Waals surface area contributed by atoms with Gasteiger partial charge in [-0.3, -0.25) is 18.9 Å². The highest BCUT2D eigenvalue weighted by Gasteiger charge is 2.65. The lowest BCUT2D eigenvalue weighted by Crippen LogP contribution is -2.46. The molecule has 0 spiro atoms. The Kier molecular flexibility index (Phi) is 4.18. The average Bonchev–Trinajstić information content (AvgIpc) is 2.99. The molecule has 0 radical (unpaired) electrons. The molecule has 3 heterocycles. The van der Waals surface area contributed by atoms with Crippen molar-refractivity contribution in [1.29, 1.82) is 0 Å². The number of phosphoric ester groups is 1. The fourth-order valence-electron chi connectivity index (χ4n) is 2.65. The molecule has 1 aliphatic heterocycles. The first-order valence-corrected chi connectivity index (χ1v) is 8.54. The number of aromatic nitrogens is 4. The van der Waals surface area contributed by atoms with Crippen LogP contribution in [0.25, 0.3) is 11.2 Å². The van der Waals surface area contributed by atoms with E-state index in [1.165, 1.54) is 0 Å². The van der Waals surface area contributed by atoms with E-state index in [-0.39, 0.29) is 17.1 Å². The minimum atomic E-state index is -5.11. The predicted molar refractivity (Wildman–Crippen MR) is 80.0 cm³/mol. The van der Waals surface area contributed by atoms with Crippen LogP contribution in [0.2, 0.25) is 0 Å². The number of nitrogens with two attached hydrogens (primary N) is 1. The highest BCUT2D eigenvalue weighted by molar-refractivity contribution is 7.46. The molecule has 2 aromatic rings. The van der Waals surface area contributed by atoms with E-state index in [1.807, 2.05) is 0 Å². The maximum Gasteiger partial charge on any atom is 0.469 e. The first kappa shape index (κ1) is 18.8. The lowest BCUT2D eigenvalue weighted by atomic mass is 9.97. The van der Waals surface area contributed by atoms with Crippen LogP contribution in [0.5, 0.6) is 0 Å². The van der Waals surface area contributed by atoms with E-state index in [9.17, 15) is 18.9 Å². The Morgan fingerprint density at radius 3 is 2.81 bits per heavy atom. The van der Waals surface area contributed by atoms with Crippen molar-refractivity contribution in [3.05, 3.63) is 16.7 Å². The van der Waals surface area contributed by atoms with Crippen LogP contribution in [0.4, 0.5) is 14.7 Å². The standard InChI is InChI=1S/C11H14F2N5O7P/c1-10(12)7(20)11(13,2-24-26(21,22)23)25-8(10)18-3-15-4-5(18)16-9(14)17-6(4)19/h3,7-8,20H,2H2,1H3,(H2,21,22,23)(H3,14,16,17,19)/t7?,8-,10-,11-/m1/s1. The number of H-pyrrole nitrogens is 1. The van der Waals surface area contributed by atoms with E-state index in [2.05, 4.69) is 19.5 Å². The molecule has 15 heteroatoms. The van der Waals surface area contributed by atoms with Crippen molar-refractivity contribution >= 4 is 24.9 Å². The van der Waals surface area contributed by atoms with Crippen LogP contribution >= 0.6 is 7.82 Å². The fraction of sp³-hybridized carbons (Fsp3) is 0.545. The number of fused-ring (bicyclic) bond motifs is 1. The van der Waals surface area contributed by atoms with E-state index in [4.69, 9.17) is 20.3 Å². The normalized spacial score (nSPS) is 32.4. The Bertz CT molecular complexity index is 958. The number of ether oxygens (including phenoxy) is 1. The summed E-state index contributed by atoms with van der Waals surface area (Å²) in [6.45, 7) is -0.652. The van der Waals surface area contributed by atoms with Gasteiger partial charge >= 0.3 is 7.82 Å². The maximum atomic E-state index is 15.0. The zero-order valence-corrected chi connectivity index (χ0v) is 13.9. The molecule has 0 saturated carbocycles. The second-order valence-corrected chi connectivity index (χ2v) is 7.09. The lowest BCUT2D eigenvalue weighted by molar-refractivity contribution is -0.204. The summed E-state index contributed by atoms with van der Waals surface area (Å²) in [6.07, 6.45) is -3.44. The van der Waals surface area contributed by atoms with Gasteiger partial charge in [0.1, 0.15) is 6.61 Å². The maximum absolute atomic E-state index is 15.0. The largest absolute Gasteiger partial charge is 0.469 e. The number of halogens is 2. The quantitative estimate of drug-likeness (QED) is 0.405. The highest BCUT2D eigenvalue weighted by atomic mass is 31.2. The van der Waals surface area contributed by atoms with Crippen molar-refractivity contribution < 1.29 is 37.5 Å². The molecular weight excluding hydrogens is 383 g/mol. The van der Waals surface area contributed by atoms with Crippen molar-refractivity contribution in [3.63, 3.8) is 0 Å². The third kappa shape index (κ3) is 3.00. The summed E-state index contributed by atoms with van der Waals surface area (Å²) >= 11 is 0. The van der Waals surface area contributed by atoms with E-state index in [1.54, 1.807) is 0 Å². The van der Waals surface area contributed by atoms with Gasteiger partial charge in [-0.15, -0.1) is 0 Å². The topological polar surface area (TPSA) is 186 Å². The van der Waals surface area contributed by atoms with Crippen LogP contribution in [-0.2, 0) is 13.8 Å². The number of anilines is 1. The van der Waals surface area contributed by atoms with Gasteiger partial charge in [0.05, 0.1) is 6.33 Å². The van der Waals surface area contributed by atoms with Crippen molar-refractivity contribution in [2.45, 2.75) is 30.8 Å². The van der Waals surface area contributed by atoms with Crippen LogP contribution in [0.15, 0.2) is 11.1 Å². The second kappa shape index (κ2) is 5.77. The molecule has 12 nitrogen and oxygen atoms in total. The number of nitrogens with one attached hydrogen (secondary N) is 1. The molecule has 0 aliphatic carbocycles. The van der Waals surface area contributed by atoms with Crippen molar-refractivity contribution in [1.82, 2.24) is 19.5 Å². The zero-order chi connectivity index (χ0) is 19.5. The second-order valence-electron chi connectivity index (χ2n) is 5.85. The molecule has 1 aliphatic rings. The molecule has 2 aromatic heterocycles. The van der Waals surface area contributed by atoms with Crippen LogP contribution in [-0.4, -0.2) is 58.6 Å². The number of alkyl halides is 2. The van der Waals surface area contributed by atoms with E-state index < -0.39 is 43.8 Å². The molecular formula is C11H14F2N5O7P. The van der Waals surface area contributed by atoms with Crippen molar-refractivity contribution in [2.24, 2.45) is 0 Å². The molecule has 144 valence electrons. The molecule has 0 bridgehead atoms. The van der Waals surface area contributed by atoms with Gasteiger partial charge in [-0.1, -0.05) is 0 Å². The summed E-state index contributed by atoms with van der Waals surface area (Å²) < 4.78 is 50.3. The van der Waals surface area contributed by atoms with Crippen LogP contribution in [0.1, 0.15) is 13.2 Å². The minimum Gasteiger partial charge on any atom is -0.384 e. The summed E-state index contributed by atoms with van der Waals surface area (Å²) in [5.41, 5.74) is 1.40. The van der Waals surface area contributed by atoms with E-state index in [0.717, 1.165) is 17.8 Å². The first-order valence-electron chi connectivity index (χ1n) is 7.01. The molecule has 0 amide bonds. The first-order chi connectivity index (χ1) is 11.8. The van der Waals surface area contributed by atoms with Crippen LogP contribution in [0.3, 0.4) is 0 Å². The van der Waals surface area contributed by atoms with Gasteiger partial charge in [0.25, 0.3) is 11.4 Å². The third-order valence-electron chi connectivity index (χ3n) is 3.87. The molecule has 0 aromatic carbocycles. The molecule has 1 unspecified atom stereocenters. The number of aliphatic hydroxyl groups excluding tert-OH is 1. The molecule has 4 atom stereocenters. The summed E-state index contributed by atoms with van der Waals surface area (Å²) in [5.74, 6) is -3.61. The predicted octanol–water partition coefficient (Wildman–Crippen LogP) is -0.905. The Labute approximate surface area is 142 Å². The molecule has 6 N–H and O–H groups in total. The molecule has 26 heavy (non-hydrogen) atoms. The summed E-state index contributed by atoms with van der Waals surface area (Å²) in [6, 6.07) is 0. The number of hydrogen-bond donors (Lipinski definition) is 5. The molecule has 3 rings (SSSR count). The van der Waals surface area contributed by atoms with E-state index >= 15 is 4.39 Å². The number of aliphatic hydroxyl groups is 1. The van der Waals surface area contributed by atoms with Gasteiger partial charge in [-0.05, 0) is 6.92 Å². The molecule has 1 fully saturated rings. The Hall–Kier alpha value is -1.96. The number of imidazole rings is 1. The third-order valence-corrected chi connectivity index (χ3v) is 4.33. The van der Waals surface area contributed by atoms with E-state index in [0.29, 0.717) is 0 Å². The molecule has 1 saturated heterocycles. The number of nitrogen functional groups attached to an aromatic ring is 1. The van der Waals surface area contributed by atoms with Crippen LogP contribution in [0, 0.1) is 0 Å². The van der Waals surface area contributed by atoms with Gasteiger partial charge in [-0.25, -0.2) is 18.3 Å². The van der Waals surface area contributed by atoms with Crippen molar-refractivity contribution in [2.75, 3.05) is 12.3 Å². The van der Waals surface area contributed by atoms with Gasteiger partial charge < -0.3 is 25.4 Å². The Morgan fingerprint density at radius 2 is 2.19 bits per heavy atom. The zero-order valence-electron chi connectivity index (χ0n) is 13.0. The van der Waals surface area contributed by atoms with Crippen molar-refractivity contribution in [3.8, 4) is 0 Å². The number of hydrogen-bond acceptors (Lipinski definition) is 8. The number of nitrogens with zero attached hydrogens (tertiary/aromatic N) is 3. The number of aromatic amines is 1. The number of rotatable bonds is 4. The smallest absolute Gasteiger partial charge is 0.384 e. The fourth-order valence-corrected chi connectivity index (χ4v) is 2.99.